The number of ether oxygens (including phenoxy) is 2. The van der Waals surface area contributed by atoms with E-state index in [4.69, 9.17) is 14.7 Å². The Labute approximate surface area is 150 Å². The van der Waals surface area contributed by atoms with Crippen LogP contribution in [0.5, 0.6) is 11.5 Å². The number of carbonyl (C=O) groups excluding carboxylic acids is 2. The van der Waals surface area contributed by atoms with Gasteiger partial charge < -0.3 is 19.7 Å². The van der Waals surface area contributed by atoms with E-state index in [0.29, 0.717) is 41.7 Å². The van der Waals surface area contributed by atoms with Crippen LogP contribution in [0.25, 0.3) is 0 Å². The summed E-state index contributed by atoms with van der Waals surface area (Å²) < 4.78 is 11.0. The average Bonchev–Trinajstić information content (AvgIpc) is 2.66. The number of fused-ring (bicyclic) bond motifs is 1. The third kappa shape index (κ3) is 3.75. The van der Waals surface area contributed by atoms with Crippen molar-refractivity contribution >= 4 is 23.2 Å². The molecule has 0 saturated carbocycles. The van der Waals surface area contributed by atoms with E-state index >= 15 is 0 Å². The van der Waals surface area contributed by atoms with Gasteiger partial charge in [0.25, 0.3) is 0 Å². The summed E-state index contributed by atoms with van der Waals surface area (Å²) in [6.45, 7) is 2.10. The lowest BCUT2D eigenvalue weighted by Crippen LogP contribution is -2.36. The molecule has 0 unspecified atom stereocenters. The standard InChI is InChI=1S/C19H17N3O4/c1-13(23)22(15-6-7-17-18(10-15)26-9-8-25-17)12-19(24)21-16-5-3-2-4-14(16)11-20/h2-7,10H,8-9,12H2,1H3,(H,21,24). The zero-order valence-corrected chi connectivity index (χ0v) is 14.2. The first-order chi connectivity index (χ1) is 12.6. The largest absolute Gasteiger partial charge is 0.486 e. The molecule has 1 aliphatic heterocycles. The smallest absolute Gasteiger partial charge is 0.244 e. The van der Waals surface area contributed by atoms with E-state index in [-0.39, 0.29) is 12.5 Å². The Kier molecular flexibility index (Phi) is 5.04. The summed E-state index contributed by atoms with van der Waals surface area (Å²) >= 11 is 0. The molecule has 1 heterocycles. The molecule has 1 N–H and O–H groups in total. The van der Waals surface area contributed by atoms with Gasteiger partial charge in [-0.25, -0.2) is 0 Å². The molecule has 0 spiro atoms. The third-order valence-electron chi connectivity index (χ3n) is 3.84. The molecule has 3 rings (SSSR count). The number of carbonyl (C=O) groups is 2. The molecule has 0 radical (unpaired) electrons. The van der Waals surface area contributed by atoms with Crippen molar-refractivity contribution in [2.24, 2.45) is 0 Å². The summed E-state index contributed by atoms with van der Waals surface area (Å²) in [6.07, 6.45) is 0. The number of rotatable bonds is 4. The Hall–Kier alpha value is -3.53. The predicted octanol–water partition coefficient (Wildman–Crippen LogP) is 2.32. The summed E-state index contributed by atoms with van der Waals surface area (Å²) in [5.74, 6) is 0.453. The first kappa shape index (κ1) is 17.3. The van der Waals surface area contributed by atoms with Crippen molar-refractivity contribution in [3.05, 3.63) is 48.0 Å². The van der Waals surface area contributed by atoms with Gasteiger partial charge >= 0.3 is 0 Å². The zero-order chi connectivity index (χ0) is 18.5. The molecule has 0 fully saturated rings. The average molecular weight is 351 g/mol. The monoisotopic (exact) mass is 351 g/mol. The van der Waals surface area contributed by atoms with Crippen LogP contribution in [-0.2, 0) is 9.59 Å². The third-order valence-corrected chi connectivity index (χ3v) is 3.84. The van der Waals surface area contributed by atoms with Gasteiger partial charge in [-0.2, -0.15) is 5.26 Å². The minimum atomic E-state index is -0.405. The van der Waals surface area contributed by atoms with E-state index in [2.05, 4.69) is 5.32 Å². The van der Waals surface area contributed by atoms with Crippen LogP contribution in [0.1, 0.15) is 12.5 Å². The number of benzene rings is 2. The SMILES string of the molecule is CC(=O)N(CC(=O)Nc1ccccc1C#N)c1ccc2c(c1)OCCO2. The lowest BCUT2D eigenvalue weighted by atomic mass is 10.2. The highest BCUT2D eigenvalue weighted by molar-refractivity contribution is 6.02. The topological polar surface area (TPSA) is 91.7 Å². The van der Waals surface area contributed by atoms with Gasteiger partial charge in [0.05, 0.1) is 11.3 Å². The minimum Gasteiger partial charge on any atom is -0.486 e. The fourth-order valence-electron chi connectivity index (χ4n) is 2.61. The molecule has 0 aromatic heterocycles. The van der Waals surface area contributed by atoms with Crippen molar-refractivity contribution in [3.8, 4) is 17.6 Å². The van der Waals surface area contributed by atoms with Gasteiger partial charge in [0, 0.05) is 18.7 Å². The number of nitrogens with one attached hydrogen (secondary N) is 1. The predicted molar refractivity (Wildman–Crippen MR) is 95.2 cm³/mol. The Morgan fingerprint density at radius 2 is 1.88 bits per heavy atom. The van der Waals surface area contributed by atoms with E-state index in [1.54, 1.807) is 42.5 Å². The van der Waals surface area contributed by atoms with Gasteiger partial charge in [-0.05, 0) is 24.3 Å². The molecule has 7 nitrogen and oxygen atoms in total. The summed E-state index contributed by atoms with van der Waals surface area (Å²) in [7, 11) is 0. The van der Waals surface area contributed by atoms with Crippen LogP contribution in [-0.4, -0.2) is 31.6 Å². The number of anilines is 2. The molecule has 132 valence electrons. The fourth-order valence-corrected chi connectivity index (χ4v) is 2.61. The molecule has 0 atom stereocenters. The first-order valence-electron chi connectivity index (χ1n) is 8.05. The van der Waals surface area contributed by atoms with Crippen molar-refractivity contribution in [3.63, 3.8) is 0 Å². The Bertz CT molecular complexity index is 889. The lowest BCUT2D eigenvalue weighted by Gasteiger charge is -2.24. The number of para-hydroxylation sites is 1. The highest BCUT2D eigenvalue weighted by Crippen LogP contribution is 2.34. The number of hydrogen-bond acceptors (Lipinski definition) is 5. The number of hydrogen-bond donors (Lipinski definition) is 1. The van der Waals surface area contributed by atoms with E-state index in [1.165, 1.54) is 11.8 Å². The summed E-state index contributed by atoms with van der Waals surface area (Å²) in [6, 6.07) is 13.8. The van der Waals surface area contributed by atoms with E-state index < -0.39 is 5.91 Å². The molecule has 7 heteroatoms. The zero-order valence-electron chi connectivity index (χ0n) is 14.2. The number of nitriles is 1. The molecule has 2 aromatic carbocycles. The van der Waals surface area contributed by atoms with Crippen LogP contribution in [0.15, 0.2) is 42.5 Å². The van der Waals surface area contributed by atoms with Crippen molar-refractivity contribution in [2.75, 3.05) is 30.0 Å². The minimum absolute atomic E-state index is 0.186. The van der Waals surface area contributed by atoms with E-state index in [0.717, 1.165) is 0 Å². The van der Waals surface area contributed by atoms with Gasteiger partial charge in [0.15, 0.2) is 11.5 Å². The number of nitrogens with zero attached hydrogens (tertiary/aromatic N) is 2. The van der Waals surface area contributed by atoms with Gasteiger partial charge in [0.2, 0.25) is 11.8 Å². The van der Waals surface area contributed by atoms with Crippen molar-refractivity contribution in [2.45, 2.75) is 6.92 Å². The van der Waals surface area contributed by atoms with E-state index in [1.807, 2.05) is 6.07 Å². The van der Waals surface area contributed by atoms with Gasteiger partial charge in [-0.15, -0.1) is 0 Å². The Balaban J connectivity index is 1.78. The molecule has 26 heavy (non-hydrogen) atoms. The molecule has 0 saturated heterocycles. The second kappa shape index (κ2) is 7.57. The maximum Gasteiger partial charge on any atom is 0.244 e. The van der Waals surface area contributed by atoms with Gasteiger partial charge in [-0.3, -0.25) is 9.59 Å². The molecular formula is C19H17N3O4. The second-order valence-corrected chi connectivity index (χ2v) is 5.64. The van der Waals surface area contributed by atoms with Crippen LogP contribution < -0.4 is 19.7 Å². The Morgan fingerprint density at radius 1 is 1.15 bits per heavy atom. The van der Waals surface area contributed by atoms with Crippen LogP contribution in [0.2, 0.25) is 0 Å². The maximum atomic E-state index is 12.4. The lowest BCUT2D eigenvalue weighted by molar-refractivity contribution is -0.120. The van der Waals surface area contributed by atoms with Crippen LogP contribution in [0.4, 0.5) is 11.4 Å². The highest BCUT2D eigenvalue weighted by Gasteiger charge is 2.20. The highest BCUT2D eigenvalue weighted by atomic mass is 16.6. The van der Waals surface area contributed by atoms with Gasteiger partial charge in [0.1, 0.15) is 25.8 Å². The van der Waals surface area contributed by atoms with Crippen LogP contribution in [0, 0.1) is 11.3 Å². The van der Waals surface area contributed by atoms with Crippen LogP contribution >= 0.6 is 0 Å². The molecule has 2 amide bonds. The molecule has 0 aliphatic carbocycles. The molecule has 0 bridgehead atoms. The van der Waals surface area contributed by atoms with Gasteiger partial charge in [-0.1, -0.05) is 12.1 Å². The molecule has 1 aliphatic rings. The summed E-state index contributed by atoms with van der Waals surface area (Å²) in [5.41, 5.74) is 1.30. The molecular weight excluding hydrogens is 334 g/mol. The summed E-state index contributed by atoms with van der Waals surface area (Å²) in [5, 5.41) is 11.8. The van der Waals surface area contributed by atoms with Crippen molar-refractivity contribution in [1.82, 2.24) is 0 Å². The molecule has 2 aromatic rings. The Morgan fingerprint density at radius 3 is 2.62 bits per heavy atom. The number of amides is 2. The summed E-state index contributed by atoms with van der Waals surface area (Å²) in [4.78, 5) is 25.8. The second-order valence-electron chi connectivity index (χ2n) is 5.64. The maximum absolute atomic E-state index is 12.4. The normalized spacial score (nSPS) is 12.0. The van der Waals surface area contributed by atoms with E-state index in [9.17, 15) is 9.59 Å². The van der Waals surface area contributed by atoms with Crippen LogP contribution in [0.3, 0.4) is 0 Å². The van der Waals surface area contributed by atoms with Crippen molar-refractivity contribution < 1.29 is 19.1 Å². The van der Waals surface area contributed by atoms with Crippen molar-refractivity contribution in [1.29, 1.82) is 5.26 Å². The first-order valence-corrected chi connectivity index (χ1v) is 8.05. The fraction of sp³-hybridized carbons (Fsp3) is 0.211. The quantitative estimate of drug-likeness (QED) is 0.913.